The fraction of sp³-hybridized carbons (Fsp3) is 0.346. The van der Waals surface area contributed by atoms with Gasteiger partial charge in [-0.05, 0) is 68.1 Å². The predicted molar refractivity (Wildman–Crippen MR) is 137 cm³/mol. The number of amides is 2. The van der Waals surface area contributed by atoms with Crippen molar-refractivity contribution in [3.05, 3.63) is 70.0 Å². The van der Waals surface area contributed by atoms with Crippen LogP contribution < -0.4 is 16.0 Å². The van der Waals surface area contributed by atoms with E-state index in [1.807, 2.05) is 0 Å². The van der Waals surface area contributed by atoms with E-state index in [1.54, 1.807) is 6.07 Å². The molecule has 1 fully saturated rings. The van der Waals surface area contributed by atoms with E-state index >= 15 is 0 Å². The van der Waals surface area contributed by atoms with Gasteiger partial charge in [0.2, 0.25) is 0 Å². The fourth-order valence-corrected chi connectivity index (χ4v) is 4.43. The highest BCUT2D eigenvalue weighted by atomic mass is 19.4. The average Bonchev–Trinajstić information content (AvgIpc) is 2.91. The van der Waals surface area contributed by atoms with Gasteiger partial charge in [-0.1, -0.05) is 0 Å². The minimum Gasteiger partial charge on any atom is -0.382 e. The number of carbonyl (C=O) groups excluding carboxylic acids is 2. The number of hydrogen-bond donors (Lipinski definition) is 3. The van der Waals surface area contributed by atoms with Gasteiger partial charge in [0.15, 0.2) is 0 Å². The predicted octanol–water partition coefficient (Wildman–Crippen LogP) is 4.80. The molecule has 4 rings (SSSR count). The first kappa shape index (κ1) is 28.7. The molecule has 2 amide bonds. The topological polar surface area (TPSA) is 135 Å². The van der Waals surface area contributed by atoms with E-state index in [9.17, 15) is 37.3 Å². The van der Waals surface area contributed by atoms with E-state index < -0.39 is 40.0 Å². The standard InChI is InChI=1S/C26H25F4N5O5/c27-16-2-8-21-15(13-16)1-10-23(33-21)34-25(37)24(36)31-11-12-40-19-6-3-17(4-7-19)32-18-5-9-22(35(38)39)20(14-18)26(28,29)30/h1-2,5,8-10,13-14,17,19,32H,3-4,6-7,11-12H2,(H,31,36)(H,33,34,37)/t17-,19-. The van der Waals surface area contributed by atoms with E-state index in [1.165, 1.54) is 30.3 Å². The Morgan fingerprint density at radius 1 is 1.02 bits per heavy atom. The SMILES string of the molecule is O=C(NCCO[C@H]1CC[C@H](Nc2ccc([N+](=O)[O-])c(C(F)(F)F)c2)CC1)C(=O)Nc1ccc2cc(F)ccc2n1. The van der Waals surface area contributed by atoms with Gasteiger partial charge in [0, 0.05) is 29.7 Å². The third-order valence-corrected chi connectivity index (χ3v) is 6.38. The molecule has 1 heterocycles. The van der Waals surface area contributed by atoms with Crippen molar-refractivity contribution in [3.8, 4) is 0 Å². The van der Waals surface area contributed by atoms with Crippen LogP contribution in [-0.4, -0.2) is 47.0 Å². The summed E-state index contributed by atoms with van der Waals surface area (Å²) in [5, 5.41) is 19.3. The first-order valence-corrected chi connectivity index (χ1v) is 12.4. The van der Waals surface area contributed by atoms with E-state index in [0.29, 0.717) is 36.6 Å². The number of aromatic nitrogens is 1. The summed E-state index contributed by atoms with van der Waals surface area (Å²) in [7, 11) is 0. The number of rotatable bonds is 8. The molecule has 1 aliphatic rings. The van der Waals surface area contributed by atoms with Crippen LogP contribution in [0.2, 0.25) is 0 Å². The second kappa shape index (κ2) is 12.2. The summed E-state index contributed by atoms with van der Waals surface area (Å²) < 4.78 is 58.7. The highest BCUT2D eigenvalue weighted by Gasteiger charge is 2.38. The molecule has 0 saturated heterocycles. The number of nitrogens with one attached hydrogen (secondary N) is 3. The summed E-state index contributed by atoms with van der Waals surface area (Å²) in [6.45, 7) is 0.233. The van der Waals surface area contributed by atoms with Crippen LogP contribution in [0.15, 0.2) is 48.5 Å². The van der Waals surface area contributed by atoms with Crippen LogP contribution in [0.1, 0.15) is 31.2 Å². The Labute approximate surface area is 225 Å². The first-order chi connectivity index (χ1) is 19.0. The number of hydrogen-bond acceptors (Lipinski definition) is 7. The molecule has 14 heteroatoms. The molecule has 0 atom stereocenters. The van der Waals surface area contributed by atoms with Crippen molar-refractivity contribution in [2.45, 2.75) is 44.0 Å². The molecule has 3 N–H and O–H groups in total. The lowest BCUT2D eigenvalue weighted by atomic mass is 9.92. The molecule has 0 bridgehead atoms. The summed E-state index contributed by atoms with van der Waals surface area (Å²) in [6, 6.07) is 9.74. The summed E-state index contributed by atoms with van der Waals surface area (Å²) in [4.78, 5) is 38.3. The second-order valence-corrected chi connectivity index (χ2v) is 9.22. The van der Waals surface area contributed by atoms with Crippen molar-refractivity contribution in [3.63, 3.8) is 0 Å². The van der Waals surface area contributed by atoms with Crippen molar-refractivity contribution < 1.29 is 36.8 Å². The van der Waals surface area contributed by atoms with Crippen LogP contribution >= 0.6 is 0 Å². The minimum atomic E-state index is -4.85. The molecule has 1 aliphatic carbocycles. The Morgan fingerprint density at radius 2 is 1.77 bits per heavy atom. The van der Waals surface area contributed by atoms with E-state index in [4.69, 9.17) is 4.74 Å². The molecule has 0 spiro atoms. The number of ether oxygens (including phenoxy) is 1. The van der Waals surface area contributed by atoms with Gasteiger partial charge in [-0.3, -0.25) is 19.7 Å². The van der Waals surface area contributed by atoms with Crippen molar-refractivity contribution in [2.24, 2.45) is 0 Å². The molecule has 212 valence electrons. The molecule has 2 aromatic carbocycles. The Kier molecular flexibility index (Phi) is 8.77. The number of fused-ring (bicyclic) bond motifs is 1. The Balaban J connectivity index is 1.17. The Hall–Kier alpha value is -4.33. The van der Waals surface area contributed by atoms with Gasteiger partial charge in [0.1, 0.15) is 17.2 Å². The van der Waals surface area contributed by atoms with Crippen LogP contribution in [0.25, 0.3) is 10.9 Å². The van der Waals surface area contributed by atoms with Gasteiger partial charge >= 0.3 is 18.0 Å². The molecular weight excluding hydrogens is 538 g/mol. The van der Waals surface area contributed by atoms with Gasteiger partial charge in [-0.2, -0.15) is 13.2 Å². The quantitative estimate of drug-likeness (QED) is 0.118. The fourth-order valence-electron chi connectivity index (χ4n) is 4.43. The zero-order valence-corrected chi connectivity index (χ0v) is 21.0. The zero-order valence-electron chi connectivity index (χ0n) is 21.0. The molecule has 0 aliphatic heterocycles. The highest BCUT2D eigenvalue weighted by Crippen LogP contribution is 2.38. The maximum atomic E-state index is 13.3. The van der Waals surface area contributed by atoms with Crippen molar-refractivity contribution in [1.29, 1.82) is 0 Å². The van der Waals surface area contributed by atoms with E-state index in [0.717, 1.165) is 12.1 Å². The van der Waals surface area contributed by atoms with E-state index in [-0.39, 0.29) is 36.8 Å². The van der Waals surface area contributed by atoms with Crippen molar-refractivity contribution in [1.82, 2.24) is 10.3 Å². The van der Waals surface area contributed by atoms with Crippen LogP contribution in [-0.2, 0) is 20.5 Å². The lowest BCUT2D eigenvalue weighted by Crippen LogP contribution is -2.38. The van der Waals surface area contributed by atoms with Gasteiger partial charge in [0.25, 0.3) is 5.69 Å². The molecule has 0 unspecified atom stereocenters. The average molecular weight is 564 g/mol. The first-order valence-electron chi connectivity index (χ1n) is 12.4. The van der Waals surface area contributed by atoms with Crippen molar-refractivity contribution >= 4 is 39.9 Å². The molecule has 1 aromatic heterocycles. The normalized spacial score (nSPS) is 17.3. The van der Waals surface area contributed by atoms with Gasteiger partial charge in [-0.15, -0.1) is 0 Å². The van der Waals surface area contributed by atoms with Gasteiger partial charge in [-0.25, -0.2) is 9.37 Å². The molecule has 10 nitrogen and oxygen atoms in total. The number of nitrogens with zero attached hydrogens (tertiary/aromatic N) is 2. The van der Waals surface area contributed by atoms with Crippen molar-refractivity contribution in [2.75, 3.05) is 23.8 Å². The summed E-state index contributed by atoms with van der Waals surface area (Å²) in [5.41, 5.74) is -1.70. The number of carbonyl (C=O) groups is 2. The number of nitro benzene ring substituents is 1. The lowest BCUT2D eigenvalue weighted by molar-refractivity contribution is -0.388. The monoisotopic (exact) mass is 563 g/mol. The molecule has 40 heavy (non-hydrogen) atoms. The van der Waals surface area contributed by atoms with E-state index in [2.05, 4.69) is 20.9 Å². The highest BCUT2D eigenvalue weighted by molar-refractivity contribution is 6.39. The second-order valence-electron chi connectivity index (χ2n) is 9.22. The Bertz CT molecular complexity index is 1410. The number of benzene rings is 2. The molecule has 1 saturated carbocycles. The van der Waals surface area contributed by atoms with Crippen LogP contribution in [0.3, 0.4) is 0 Å². The molecule has 0 radical (unpaired) electrons. The largest absolute Gasteiger partial charge is 0.423 e. The van der Waals surface area contributed by atoms with Crippen LogP contribution in [0, 0.1) is 15.9 Å². The lowest BCUT2D eigenvalue weighted by Gasteiger charge is -2.30. The third-order valence-electron chi connectivity index (χ3n) is 6.38. The minimum absolute atomic E-state index is 0.0812. The molecule has 3 aromatic rings. The number of pyridine rings is 1. The number of nitro groups is 1. The van der Waals surface area contributed by atoms with Crippen LogP contribution in [0.4, 0.5) is 34.8 Å². The number of anilines is 2. The van der Waals surface area contributed by atoms with Crippen LogP contribution in [0.5, 0.6) is 0 Å². The smallest absolute Gasteiger partial charge is 0.382 e. The maximum absolute atomic E-state index is 13.3. The number of halogens is 4. The summed E-state index contributed by atoms with van der Waals surface area (Å²) in [6.07, 6.45) is -2.55. The summed E-state index contributed by atoms with van der Waals surface area (Å²) >= 11 is 0. The third kappa shape index (κ3) is 7.40. The zero-order chi connectivity index (χ0) is 28.9. The molecular formula is C26H25F4N5O5. The Morgan fingerprint density at radius 3 is 2.48 bits per heavy atom. The number of alkyl halides is 3. The summed E-state index contributed by atoms with van der Waals surface area (Å²) in [5.74, 6) is -2.06. The van der Waals surface area contributed by atoms with Gasteiger partial charge in [0.05, 0.1) is 23.2 Å². The van der Waals surface area contributed by atoms with Gasteiger partial charge < -0.3 is 20.7 Å². The maximum Gasteiger partial charge on any atom is 0.423 e.